The third-order valence-corrected chi connectivity index (χ3v) is 4.91. The van der Waals surface area contributed by atoms with E-state index in [0.717, 1.165) is 23.7 Å². The summed E-state index contributed by atoms with van der Waals surface area (Å²) < 4.78 is 0. The average Bonchev–Trinajstić information content (AvgIpc) is 2.52. The van der Waals surface area contributed by atoms with Crippen LogP contribution >= 0.6 is 23.1 Å². The van der Waals surface area contributed by atoms with Crippen molar-refractivity contribution < 1.29 is 0 Å². The van der Waals surface area contributed by atoms with E-state index < -0.39 is 0 Å². The molecule has 1 aromatic rings. The fraction of sp³-hybridized carbons (Fsp3) is 0.364. The van der Waals surface area contributed by atoms with Crippen LogP contribution in [0.1, 0.15) is 22.9 Å². The molecule has 1 atom stereocenters. The van der Waals surface area contributed by atoms with E-state index in [-0.39, 0.29) is 0 Å². The van der Waals surface area contributed by atoms with E-state index in [9.17, 15) is 0 Å². The van der Waals surface area contributed by atoms with Crippen molar-refractivity contribution in [2.45, 2.75) is 18.8 Å². The molecule has 2 aliphatic rings. The maximum absolute atomic E-state index is 5.79. The Hall–Kier alpha value is -0.740. The zero-order valence-corrected chi connectivity index (χ0v) is 9.90. The van der Waals surface area contributed by atoms with Crippen molar-refractivity contribution in [2.75, 3.05) is 11.5 Å². The van der Waals surface area contributed by atoms with Gasteiger partial charge in [0.25, 0.3) is 0 Å². The fourth-order valence-corrected chi connectivity index (χ4v) is 4.25. The lowest BCUT2D eigenvalue weighted by Crippen LogP contribution is -2.03. The molecule has 0 amide bonds. The molecular weight excluding hydrogens is 224 g/mol. The Morgan fingerprint density at radius 3 is 3.33 bits per heavy atom. The minimum atomic E-state index is 0.478. The summed E-state index contributed by atoms with van der Waals surface area (Å²) in [5.41, 5.74) is 7.03. The summed E-state index contributed by atoms with van der Waals surface area (Å²) in [6, 6.07) is 0. The minimum Gasteiger partial charge on any atom is -0.375 e. The van der Waals surface area contributed by atoms with E-state index in [1.165, 1.54) is 15.5 Å². The lowest BCUT2D eigenvalue weighted by molar-refractivity contribution is 0.806. The molecule has 2 N–H and O–H groups in total. The van der Waals surface area contributed by atoms with Gasteiger partial charge in [0.1, 0.15) is 0 Å². The second-order valence-electron chi connectivity index (χ2n) is 3.74. The molecule has 0 aromatic carbocycles. The van der Waals surface area contributed by atoms with Gasteiger partial charge in [0.05, 0.1) is 5.69 Å². The summed E-state index contributed by atoms with van der Waals surface area (Å²) in [5, 5.41) is 0.723. The smallest absolute Gasteiger partial charge is 0.180 e. The second-order valence-corrected chi connectivity index (χ2v) is 6.03. The molecule has 1 unspecified atom stereocenters. The van der Waals surface area contributed by atoms with Gasteiger partial charge in [-0.2, -0.15) is 0 Å². The Balaban J connectivity index is 2.09. The number of allylic oxidation sites excluding steroid dienone is 4. The number of thiazole rings is 1. The van der Waals surface area contributed by atoms with Crippen LogP contribution in [-0.4, -0.2) is 10.7 Å². The number of fused-ring (bicyclic) bond motifs is 3. The number of nitrogen functional groups attached to an aromatic ring is 1. The summed E-state index contributed by atoms with van der Waals surface area (Å²) in [5.74, 6) is 1.64. The van der Waals surface area contributed by atoms with Gasteiger partial charge in [-0.1, -0.05) is 18.2 Å². The quantitative estimate of drug-likeness (QED) is 0.752. The van der Waals surface area contributed by atoms with E-state index in [1.54, 1.807) is 11.3 Å². The van der Waals surface area contributed by atoms with Gasteiger partial charge in [0, 0.05) is 16.5 Å². The summed E-state index contributed by atoms with van der Waals surface area (Å²) in [6.07, 6.45) is 8.79. The van der Waals surface area contributed by atoms with Gasteiger partial charge < -0.3 is 5.73 Å². The van der Waals surface area contributed by atoms with Crippen LogP contribution in [0, 0.1) is 0 Å². The van der Waals surface area contributed by atoms with E-state index in [0.29, 0.717) is 5.92 Å². The summed E-state index contributed by atoms with van der Waals surface area (Å²) in [4.78, 5) is 7.36. The summed E-state index contributed by atoms with van der Waals surface area (Å²) in [6.45, 7) is 0. The van der Waals surface area contributed by atoms with Crippen molar-refractivity contribution in [2.24, 2.45) is 0 Å². The number of aromatic nitrogens is 1. The molecule has 1 aliphatic heterocycles. The molecule has 78 valence electrons. The highest BCUT2D eigenvalue weighted by Crippen LogP contribution is 2.43. The van der Waals surface area contributed by atoms with E-state index >= 15 is 0 Å². The molecule has 0 fully saturated rings. The Morgan fingerprint density at radius 2 is 2.40 bits per heavy atom. The van der Waals surface area contributed by atoms with Gasteiger partial charge in [0.2, 0.25) is 0 Å². The van der Waals surface area contributed by atoms with Crippen molar-refractivity contribution in [1.82, 2.24) is 4.98 Å². The van der Waals surface area contributed by atoms with Crippen LogP contribution < -0.4 is 5.73 Å². The van der Waals surface area contributed by atoms with Gasteiger partial charge in [0.15, 0.2) is 5.13 Å². The van der Waals surface area contributed by atoms with Crippen molar-refractivity contribution in [1.29, 1.82) is 0 Å². The van der Waals surface area contributed by atoms with Crippen LogP contribution in [0.15, 0.2) is 23.1 Å². The highest BCUT2D eigenvalue weighted by molar-refractivity contribution is 8.03. The molecule has 0 saturated carbocycles. The molecule has 1 aromatic heterocycles. The van der Waals surface area contributed by atoms with E-state index in [2.05, 4.69) is 23.2 Å². The molecule has 0 bridgehead atoms. The SMILES string of the molecule is Nc1nc2c(s1)CCSC1=CC=CCC12. The van der Waals surface area contributed by atoms with Crippen molar-refractivity contribution in [3.05, 3.63) is 33.7 Å². The predicted octanol–water partition coefficient (Wildman–Crippen LogP) is 2.94. The number of nitrogens with zero attached hydrogens (tertiary/aromatic N) is 1. The predicted molar refractivity (Wildman–Crippen MR) is 67.3 cm³/mol. The second kappa shape index (κ2) is 3.68. The summed E-state index contributed by atoms with van der Waals surface area (Å²) >= 11 is 3.63. The topological polar surface area (TPSA) is 38.9 Å². The van der Waals surface area contributed by atoms with Crippen LogP contribution in [0.5, 0.6) is 0 Å². The monoisotopic (exact) mass is 236 g/mol. The standard InChI is InChI=1S/C11H12N2S2/c12-11-13-10-7-3-1-2-4-8(7)14-6-5-9(10)15-11/h1-2,4,7H,3,5-6H2,(H2,12,13). The number of hydrogen-bond acceptors (Lipinski definition) is 4. The highest BCUT2D eigenvalue weighted by Gasteiger charge is 2.26. The third-order valence-electron chi connectivity index (χ3n) is 2.78. The first-order valence-corrected chi connectivity index (χ1v) is 6.89. The molecule has 3 rings (SSSR count). The lowest BCUT2D eigenvalue weighted by Gasteiger charge is -2.17. The molecule has 2 nitrogen and oxygen atoms in total. The zero-order chi connectivity index (χ0) is 10.3. The van der Waals surface area contributed by atoms with Crippen molar-refractivity contribution in [3.8, 4) is 0 Å². The van der Waals surface area contributed by atoms with Crippen LogP contribution in [0.4, 0.5) is 5.13 Å². The maximum Gasteiger partial charge on any atom is 0.180 e. The fourth-order valence-electron chi connectivity index (χ4n) is 2.10. The number of anilines is 1. The molecule has 1 aliphatic carbocycles. The first kappa shape index (κ1) is 9.48. The first-order valence-electron chi connectivity index (χ1n) is 5.09. The highest BCUT2D eigenvalue weighted by atomic mass is 32.2. The number of thioether (sulfide) groups is 1. The van der Waals surface area contributed by atoms with Crippen LogP contribution in [0.3, 0.4) is 0 Å². The van der Waals surface area contributed by atoms with Crippen molar-refractivity contribution >= 4 is 28.2 Å². The van der Waals surface area contributed by atoms with Crippen LogP contribution in [-0.2, 0) is 6.42 Å². The molecule has 2 heterocycles. The average molecular weight is 236 g/mol. The van der Waals surface area contributed by atoms with E-state index in [1.807, 2.05) is 11.8 Å². The molecule has 4 heteroatoms. The zero-order valence-electron chi connectivity index (χ0n) is 8.27. The van der Waals surface area contributed by atoms with Gasteiger partial charge in [-0.05, 0) is 17.7 Å². The molecule has 0 saturated heterocycles. The van der Waals surface area contributed by atoms with Crippen molar-refractivity contribution in [3.63, 3.8) is 0 Å². The van der Waals surface area contributed by atoms with Gasteiger partial charge in [-0.3, -0.25) is 0 Å². The van der Waals surface area contributed by atoms with E-state index in [4.69, 9.17) is 5.73 Å². The van der Waals surface area contributed by atoms with Crippen LogP contribution in [0.25, 0.3) is 0 Å². The summed E-state index contributed by atoms with van der Waals surface area (Å²) in [7, 11) is 0. The number of aryl methyl sites for hydroxylation is 1. The Morgan fingerprint density at radius 1 is 1.47 bits per heavy atom. The molecular formula is C11H12N2S2. The Bertz CT molecular complexity index is 445. The normalized spacial score (nSPS) is 24.0. The third kappa shape index (κ3) is 1.62. The Labute approximate surface area is 97.3 Å². The number of rotatable bonds is 0. The molecule has 0 spiro atoms. The number of hydrogen-bond donors (Lipinski definition) is 1. The maximum atomic E-state index is 5.79. The molecule has 15 heavy (non-hydrogen) atoms. The Kier molecular flexibility index (Phi) is 2.33. The van der Waals surface area contributed by atoms with Gasteiger partial charge >= 0.3 is 0 Å². The number of nitrogens with two attached hydrogens (primary N) is 1. The van der Waals surface area contributed by atoms with Crippen LogP contribution in [0.2, 0.25) is 0 Å². The minimum absolute atomic E-state index is 0.478. The lowest BCUT2D eigenvalue weighted by atomic mass is 9.96. The first-order chi connectivity index (χ1) is 7.34. The van der Waals surface area contributed by atoms with Gasteiger partial charge in [-0.25, -0.2) is 4.98 Å². The van der Waals surface area contributed by atoms with Gasteiger partial charge in [-0.15, -0.1) is 23.1 Å². The molecule has 0 radical (unpaired) electrons. The largest absolute Gasteiger partial charge is 0.375 e.